The minimum absolute atomic E-state index is 0.212. The second-order valence-electron chi connectivity index (χ2n) is 8.20. The van der Waals surface area contributed by atoms with E-state index in [0.717, 1.165) is 28.8 Å². The van der Waals surface area contributed by atoms with Crippen molar-refractivity contribution in [3.63, 3.8) is 0 Å². The number of rotatable bonds is 8. The number of thioether (sulfide) groups is 1. The molecule has 1 N–H and O–H groups in total. The molecule has 0 saturated carbocycles. The highest BCUT2D eigenvalue weighted by Crippen LogP contribution is 2.22. The number of carbonyl (C=O) groups excluding carboxylic acids is 1. The number of nitrogens with zero attached hydrogens (tertiary/aromatic N) is 4. The molecule has 1 unspecified atom stereocenters. The van der Waals surface area contributed by atoms with Crippen LogP contribution in [-0.2, 0) is 11.2 Å². The lowest BCUT2D eigenvalue weighted by atomic mass is 10.1. The number of nitrogens with one attached hydrogen (secondary N) is 1. The maximum Gasteiger partial charge on any atom is 0.295 e. The first-order valence-electron chi connectivity index (χ1n) is 11.4. The molecule has 2 heterocycles. The van der Waals surface area contributed by atoms with Crippen molar-refractivity contribution in [3.05, 3.63) is 81.9 Å². The van der Waals surface area contributed by atoms with Crippen LogP contribution < -0.4 is 10.9 Å². The molecule has 0 fully saturated rings. The summed E-state index contributed by atoms with van der Waals surface area (Å²) in [5.41, 5.74) is 3.52. The van der Waals surface area contributed by atoms with Gasteiger partial charge in [0.15, 0.2) is 5.52 Å². The predicted octanol–water partition coefficient (Wildman–Crippen LogP) is 4.23. The van der Waals surface area contributed by atoms with Crippen molar-refractivity contribution in [1.29, 1.82) is 0 Å². The molecule has 0 spiro atoms. The van der Waals surface area contributed by atoms with Gasteiger partial charge in [-0.15, -0.1) is 11.8 Å². The first-order chi connectivity index (χ1) is 16.4. The molecule has 1 atom stereocenters. The maximum absolute atomic E-state index is 13.4. The number of hydrogen-bond acceptors (Lipinski definition) is 5. The number of para-hydroxylation sites is 1. The smallest absolute Gasteiger partial charge is 0.295 e. The molecule has 2 aromatic carbocycles. The summed E-state index contributed by atoms with van der Waals surface area (Å²) in [6, 6.07) is 17.3. The van der Waals surface area contributed by atoms with Crippen molar-refractivity contribution in [3.8, 4) is 5.69 Å². The van der Waals surface area contributed by atoms with Crippen molar-refractivity contribution < 1.29 is 4.79 Å². The first-order valence-corrected chi connectivity index (χ1v) is 12.6. The molecule has 7 nitrogen and oxygen atoms in total. The molecule has 34 heavy (non-hydrogen) atoms. The number of fused-ring (bicyclic) bond motifs is 1. The molecule has 176 valence electrons. The Kier molecular flexibility index (Phi) is 7.17. The molecule has 0 bridgehead atoms. The SMILES string of the molecule is CCC(C(=O)NCCc1ccc(SC)cc1)n1nc(C)c2c(C)n(-c3ccccc3)nc2c1=O. The van der Waals surface area contributed by atoms with Crippen LogP contribution in [0, 0.1) is 13.8 Å². The van der Waals surface area contributed by atoms with Gasteiger partial charge >= 0.3 is 0 Å². The van der Waals surface area contributed by atoms with Crippen molar-refractivity contribution in [2.75, 3.05) is 12.8 Å². The highest BCUT2D eigenvalue weighted by molar-refractivity contribution is 7.98. The summed E-state index contributed by atoms with van der Waals surface area (Å²) >= 11 is 1.70. The Balaban J connectivity index is 1.58. The van der Waals surface area contributed by atoms with Crippen LogP contribution >= 0.6 is 11.8 Å². The van der Waals surface area contributed by atoms with E-state index in [4.69, 9.17) is 0 Å². The topological polar surface area (TPSA) is 81.8 Å². The summed E-state index contributed by atoms with van der Waals surface area (Å²) < 4.78 is 3.05. The zero-order valence-corrected chi connectivity index (χ0v) is 20.7. The molecular formula is C26H29N5O2S. The fourth-order valence-electron chi connectivity index (χ4n) is 4.19. The maximum atomic E-state index is 13.4. The largest absolute Gasteiger partial charge is 0.354 e. The van der Waals surface area contributed by atoms with Crippen LogP contribution in [0.3, 0.4) is 0 Å². The van der Waals surface area contributed by atoms with Gasteiger partial charge in [-0.25, -0.2) is 9.36 Å². The molecule has 4 aromatic rings. The van der Waals surface area contributed by atoms with E-state index >= 15 is 0 Å². The fourth-order valence-corrected chi connectivity index (χ4v) is 4.60. The second-order valence-corrected chi connectivity index (χ2v) is 9.08. The quantitative estimate of drug-likeness (QED) is 0.386. The summed E-state index contributed by atoms with van der Waals surface area (Å²) in [6.07, 6.45) is 3.21. The van der Waals surface area contributed by atoms with Crippen molar-refractivity contribution in [2.24, 2.45) is 0 Å². The number of aromatic nitrogens is 4. The Hall–Kier alpha value is -3.39. The van der Waals surface area contributed by atoms with Gasteiger partial charge in [-0.2, -0.15) is 10.2 Å². The zero-order chi connectivity index (χ0) is 24.2. The van der Waals surface area contributed by atoms with Crippen LogP contribution in [0.5, 0.6) is 0 Å². The van der Waals surface area contributed by atoms with Crippen LogP contribution in [0.1, 0.15) is 36.3 Å². The number of aryl methyl sites for hydroxylation is 2. The summed E-state index contributed by atoms with van der Waals surface area (Å²) in [4.78, 5) is 27.6. The third-order valence-electron chi connectivity index (χ3n) is 6.00. The average Bonchev–Trinajstić information content (AvgIpc) is 3.21. The molecule has 0 aliphatic carbocycles. The number of carbonyl (C=O) groups is 1. The molecule has 0 saturated heterocycles. The van der Waals surface area contributed by atoms with Gasteiger partial charge < -0.3 is 5.32 Å². The van der Waals surface area contributed by atoms with Crippen molar-refractivity contribution in [1.82, 2.24) is 24.9 Å². The normalized spacial score (nSPS) is 12.1. The highest BCUT2D eigenvalue weighted by atomic mass is 32.2. The van der Waals surface area contributed by atoms with E-state index in [1.165, 1.54) is 9.58 Å². The average molecular weight is 476 g/mol. The highest BCUT2D eigenvalue weighted by Gasteiger charge is 2.25. The minimum Gasteiger partial charge on any atom is -0.354 e. The van der Waals surface area contributed by atoms with Crippen molar-refractivity contribution >= 4 is 28.6 Å². The van der Waals surface area contributed by atoms with Gasteiger partial charge in [-0.1, -0.05) is 37.3 Å². The third kappa shape index (κ3) is 4.63. The van der Waals surface area contributed by atoms with Crippen LogP contribution in [-0.4, -0.2) is 38.3 Å². The fraction of sp³-hybridized carbons (Fsp3) is 0.308. The minimum atomic E-state index is -0.698. The van der Waals surface area contributed by atoms with Crippen LogP contribution in [0.2, 0.25) is 0 Å². The first kappa shape index (κ1) is 23.8. The van der Waals surface area contributed by atoms with E-state index in [-0.39, 0.29) is 11.5 Å². The van der Waals surface area contributed by atoms with Gasteiger partial charge in [0.1, 0.15) is 6.04 Å². The standard InChI is InChI=1S/C26H29N5O2S/c1-5-22(25(32)27-16-15-19-11-13-21(34-4)14-12-19)31-26(33)24-23(17(2)28-31)18(3)30(29-24)20-9-7-6-8-10-20/h6-14,22H,5,15-16H2,1-4H3,(H,27,32). The molecule has 1 amide bonds. The number of amides is 1. The van der Waals surface area contributed by atoms with Gasteiger partial charge in [0, 0.05) is 11.4 Å². The third-order valence-corrected chi connectivity index (χ3v) is 6.75. The number of benzene rings is 2. The van der Waals surface area contributed by atoms with Crippen LogP contribution in [0.4, 0.5) is 0 Å². The lowest BCUT2D eigenvalue weighted by molar-refractivity contribution is -0.124. The molecule has 0 radical (unpaired) electrons. The van der Waals surface area contributed by atoms with Crippen LogP contribution in [0.25, 0.3) is 16.6 Å². The van der Waals surface area contributed by atoms with Gasteiger partial charge in [0.2, 0.25) is 5.91 Å². The Bertz CT molecular complexity index is 1360. The summed E-state index contributed by atoms with van der Waals surface area (Å²) in [6.45, 7) is 6.15. The monoisotopic (exact) mass is 475 g/mol. The molecule has 0 aliphatic rings. The van der Waals surface area contributed by atoms with Gasteiger partial charge in [-0.05, 0) is 62.8 Å². The Morgan fingerprint density at radius 2 is 1.76 bits per heavy atom. The molecule has 0 aliphatic heterocycles. The zero-order valence-electron chi connectivity index (χ0n) is 19.9. The van der Waals surface area contributed by atoms with Gasteiger partial charge in [-0.3, -0.25) is 9.59 Å². The van der Waals surface area contributed by atoms with E-state index in [1.54, 1.807) is 16.4 Å². The lowest BCUT2D eigenvalue weighted by Crippen LogP contribution is -2.39. The Morgan fingerprint density at radius 3 is 2.41 bits per heavy atom. The second kappa shape index (κ2) is 10.3. The van der Waals surface area contributed by atoms with Gasteiger partial charge in [0.25, 0.3) is 5.56 Å². The predicted molar refractivity (Wildman–Crippen MR) is 137 cm³/mol. The number of hydrogen-bond donors (Lipinski definition) is 1. The summed E-state index contributed by atoms with van der Waals surface area (Å²) in [5, 5.41) is 12.8. The summed E-state index contributed by atoms with van der Waals surface area (Å²) in [5.74, 6) is -0.212. The molecule has 8 heteroatoms. The Morgan fingerprint density at radius 1 is 1.06 bits per heavy atom. The van der Waals surface area contributed by atoms with Crippen molar-refractivity contribution in [2.45, 2.75) is 44.6 Å². The summed E-state index contributed by atoms with van der Waals surface area (Å²) in [7, 11) is 0. The van der Waals surface area contributed by atoms with E-state index in [0.29, 0.717) is 24.2 Å². The van der Waals surface area contributed by atoms with E-state index in [1.807, 2.05) is 57.4 Å². The Labute approximate surface area is 203 Å². The van der Waals surface area contributed by atoms with Crippen LogP contribution in [0.15, 0.2) is 64.3 Å². The molecule has 2 aromatic heterocycles. The lowest BCUT2D eigenvalue weighted by Gasteiger charge is -2.17. The molecule has 4 rings (SSSR count). The van der Waals surface area contributed by atoms with E-state index in [2.05, 4.69) is 39.8 Å². The molecular weight excluding hydrogens is 446 g/mol. The van der Waals surface area contributed by atoms with E-state index in [9.17, 15) is 9.59 Å². The van der Waals surface area contributed by atoms with Gasteiger partial charge in [0.05, 0.1) is 22.5 Å². The van der Waals surface area contributed by atoms with E-state index < -0.39 is 6.04 Å².